The van der Waals surface area contributed by atoms with E-state index in [1.54, 1.807) is 30.6 Å². The SMILES string of the molecule is N#Cc1ccc(-c2ncc(CN)cn2)c(Oc2cnnc(N3CCOCC3)c2)c1. The minimum absolute atomic E-state index is 0.365. The highest BCUT2D eigenvalue weighted by molar-refractivity contribution is 5.66. The second-order valence-electron chi connectivity index (χ2n) is 6.39. The Morgan fingerprint density at radius 2 is 1.93 bits per heavy atom. The molecule has 1 fully saturated rings. The second kappa shape index (κ2) is 8.60. The molecule has 1 aliphatic heterocycles. The Hall–Kier alpha value is -3.61. The molecule has 2 aromatic heterocycles. The minimum Gasteiger partial charge on any atom is -0.455 e. The van der Waals surface area contributed by atoms with Crippen molar-refractivity contribution in [1.29, 1.82) is 5.26 Å². The molecule has 0 aliphatic carbocycles. The fraction of sp³-hybridized carbons (Fsp3) is 0.250. The first-order chi connectivity index (χ1) is 14.3. The first kappa shape index (κ1) is 18.7. The monoisotopic (exact) mass is 389 g/mol. The number of nitriles is 1. The van der Waals surface area contributed by atoms with Gasteiger partial charge in [0.25, 0.3) is 0 Å². The maximum absolute atomic E-state index is 9.28. The van der Waals surface area contributed by atoms with Crippen LogP contribution in [0.15, 0.2) is 42.9 Å². The van der Waals surface area contributed by atoms with Gasteiger partial charge in [-0.05, 0) is 18.2 Å². The van der Waals surface area contributed by atoms with Crippen molar-refractivity contribution < 1.29 is 9.47 Å². The maximum Gasteiger partial charge on any atom is 0.162 e. The molecule has 0 amide bonds. The molecule has 146 valence electrons. The quantitative estimate of drug-likeness (QED) is 0.696. The van der Waals surface area contributed by atoms with Crippen molar-refractivity contribution in [3.63, 3.8) is 0 Å². The molecule has 9 nitrogen and oxygen atoms in total. The number of nitrogens with two attached hydrogens (primary N) is 1. The van der Waals surface area contributed by atoms with Gasteiger partial charge in [0.1, 0.15) is 5.75 Å². The van der Waals surface area contributed by atoms with Crippen LogP contribution in [-0.2, 0) is 11.3 Å². The van der Waals surface area contributed by atoms with Crippen LogP contribution in [0, 0.1) is 11.3 Å². The van der Waals surface area contributed by atoms with Crippen LogP contribution in [0.1, 0.15) is 11.1 Å². The summed E-state index contributed by atoms with van der Waals surface area (Å²) in [4.78, 5) is 10.8. The average Bonchev–Trinajstić information content (AvgIpc) is 2.80. The molecule has 0 bridgehead atoms. The van der Waals surface area contributed by atoms with E-state index in [0.29, 0.717) is 54.0 Å². The molecule has 3 aromatic rings. The molecule has 1 aromatic carbocycles. The Labute approximate surface area is 167 Å². The van der Waals surface area contributed by atoms with Gasteiger partial charge in [0.05, 0.1) is 36.6 Å². The van der Waals surface area contributed by atoms with Crippen molar-refractivity contribution in [3.05, 3.63) is 54.0 Å². The number of morpholine rings is 1. The zero-order valence-corrected chi connectivity index (χ0v) is 15.7. The van der Waals surface area contributed by atoms with Crippen molar-refractivity contribution in [2.24, 2.45) is 5.73 Å². The second-order valence-corrected chi connectivity index (χ2v) is 6.39. The molecule has 3 heterocycles. The lowest BCUT2D eigenvalue weighted by molar-refractivity contribution is 0.122. The van der Waals surface area contributed by atoms with E-state index >= 15 is 0 Å². The molecule has 0 saturated carbocycles. The lowest BCUT2D eigenvalue weighted by Gasteiger charge is -2.27. The standard InChI is InChI=1S/C20H19N7O2/c21-9-14-1-2-17(20-23-11-15(10-22)12-24-20)18(7-14)29-16-8-19(26-25-13-16)27-3-5-28-6-4-27/h1-2,7-8,11-13H,3-6,10,22H2. The van der Waals surface area contributed by atoms with E-state index < -0.39 is 0 Å². The Balaban J connectivity index is 1.66. The van der Waals surface area contributed by atoms with Gasteiger partial charge in [-0.15, -0.1) is 5.10 Å². The molecule has 0 unspecified atom stereocenters. The topological polar surface area (TPSA) is 123 Å². The van der Waals surface area contributed by atoms with Crippen LogP contribution in [0.5, 0.6) is 11.5 Å². The summed E-state index contributed by atoms with van der Waals surface area (Å²) in [5, 5.41) is 17.5. The summed E-state index contributed by atoms with van der Waals surface area (Å²) in [5.74, 6) is 2.17. The van der Waals surface area contributed by atoms with Crippen LogP contribution in [-0.4, -0.2) is 46.5 Å². The number of anilines is 1. The van der Waals surface area contributed by atoms with Crippen molar-refractivity contribution in [2.45, 2.75) is 6.54 Å². The first-order valence-corrected chi connectivity index (χ1v) is 9.15. The fourth-order valence-electron chi connectivity index (χ4n) is 2.93. The molecule has 1 aliphatic rings. The van der Waals surface area contributed by atoms with E-state index in [9.17, 15) is 5.26 Å². The van der Waals surface area contributed by atoms with Crippen LogP contribution < -0.4 is 15.4 Å². The number of hydrogen-bond acceptors (Lipinski definition) is 9. The number of ether oxygens (including phenoxy) is 2. The molecule has 9 heteroatoms. The van der Waals surface area contributed by atoms with Gasteiger partial charge in [0, 0.05) is 43.7 Å². The Morgan fingerprint density at radius 1 is 1.14 bits per heavy atom. The summed E-state index contributed by atoms with van der Waals surface area (Å²) in [6.45, 7) is 3.15. The van der Waals surface area contributed by atoms with Gasteiger partial charge in [0.2, 0.25) is 0 Å². The molecule has 0 spiro atoms. The third kappa shape index (κ3) is 4.29. The van der Waals surface area contributed by atoms with E-state index in [2.05, 4.69) is 31.1 Å². The summed E-state index contributed by atoms with van der Waals surface area (Å²) in [7, 11) is 0. The molecular weight excluding hydrogens is 370 g/mol. The predicted octanol–water partition coefficient (Wildman–Crippen LogP) is 1.89. The fourth-order valence-corrected chi connectivity index (χ4v) is 2.93. The van der Waals surface area contributed by atoms with Crippen molar-refractivity contribution in [3.8, 4) is 29.0 Å². The zero-order valence-electron chi connectivity index (χ0n) is 15.7. The first-order valence-electron chi connectivity index (χ1n) is 9.15. The molecule has 0 atom stereocenters. The van der Waals surface area contributed by atoms with E-state index in [-0.39, 0.29) is 0 Å². The number of aromatic nitrogens is 4. The third-order valence-corrected chi connectivity index (χ3v) is 4.47. The van der Waals surface area contributed by atoms with Gasteiger partial charge in [0.15, 0.2) is 17.4 Å². The largest absolute Gasteiger partial charge is 0.455 e. The number of hydrogen-bond donors (Lipinski definition) is 1. The third-order valence-electron chi connectivity index (χ3n) is 4.47. The van der Waals surface area contributed by atoms with E-state index in [0.717, 1.165) is 18.7 Å². The predicted molar refractivity (Wildman–Crippen MR) is 105 cm³/mol. The molecule has 1 saturated heterocycles. The number of nitrogens with zero attached hydrogens (tertiary/aromatic N) is 6. The van der Waals surface area contributed by atoms with Crippen LogP contribution in [0.25, 0.3) is 11.4 Å². The Morgan fingerprint density at radius 3 is 2.66 bits per heavy atom. The lowest BCUT2D eigenvalue weighted by atomic mass is 10.1. The Bertz CT molecular complexity index is 1030. The number of rotatable bonds is 5. The van der Waals surface area contributed by atoms with E-state index in [1.807, 2.05) is 6.07 Å². The van der Waals surface area contributed by atoms with Gasteiger partial charge in [-0.1, -0.05) is 0 Å². The lowest BCUT2D eigenvalue weighted by Crippen LogP contribution is -2.36. The van der Waals surface area contributed by atoms with Gasteiger partial charge < -0.3 is 20.1 Å². The van der Waals surface area contributed by atoms with Crippen LogP contribution in [0.3, 0.4) is 0 Å². The average molecular weight is 389 g/mol. The van der Waals surface area contributed by atoms with Gasteiger partial charge >= 0.3 is 0 Å². The van der Waals surface area contributed by atoms with E-state index in [1.165, 1.54) is 6.20 Å². The van der Waals surface area contributed by atoms with Crippen LogP contribution in [0.2, 0.25) is 0 Å². The van der Waals surface area contributed by atoms with Crippen molar-refractivity contribution in [2.75, 3.05) is 31.2 Å². The van der Waals surface area contributed by atoms with Crippen LogP contribution >= 0.6 is 0 Å². The summed E-state index contributed by atoms with van der Waals surface area (Å²) in [5.41, 5.74) is 7.58. The number of benzene rings is 1. The normalized spacial score (nSPS) is 13.7. The summed E-state index contributed by atoms with van der Waals surface area (Å²) < 4.78 is 11.5. The Kier molecular flexibility index (Phi) is 5.56. The smallest absolute Gasteiger partial charge is 0.162 e. The van der Waals surface area contributed by atoms with E-state index in [4.69, 9.17) is 15.2 Å². The van der Waals surface area contributed by atoms with Crippen molar-refractivity contribution in [1.82, 2.24) is 20.2 Å². The van der Waals surface area contributed by atoms with Crippen molar-refractivity contribution >= 4 is 5.82 Å². The molecule has 4 rings (SSSR count). The minimum atomic E-state index is 0.365. The zero-order chi connectivity index (χ0) is 20.1. The molecule has 2 N–H and O–H groups in total. The molecule has 0 radical (unpaired) electrons. The van der Waals surface area contributed by atoms with Gasteiger partial charge in [-0.3, -0.25) is 0 Å². The highest BCUT2D eigenvalue weighted by Gasteiger charge is 2.16. The molecule has 29 heavy (non-hydrogen) atoms. The van der Waals surface area contributed by atoms with Gasteiger partial charge in [-0.25, -0.2) is 9.97 Å². The summed E-state index contributed by atoms with van der Waals surface area (Å²) in [6.07, 6.45) is 4.88. The highest BCUT2D eigenvalue weighted by atomic mass is 16.5. The van der Waals surface area contributed by atoms with Crippen LogP contribution in [0.4, 0.5) is 5.82 Å². The summed E-state index contributed by atoms with van der Waals surface area (Å²) >= 11 is 0. The van der Waals surface area contributed by atoms with Gasteiger partial charge in [-0.2, -0.15) is 10.4 Å². The molecular formula is C20H19N7O2. The maximum atomic E-state index is 9.28. The summed E-state index contributed by atoms with van der Waals surface area (Å²) in [6, 6.07) is 9.07. The highest BCUT2D eigenvalue weighted by Crippen LogP contribution is 2.33.